The van der Waals surface area contributed by atoms with Gasteiger partial charge in [-0.2, -0.15) is 0 Å². The van der Waals surface area contributed by atoms with Crippen molar-refractivity contribution in [2.24, 2.45) is 5.73 Å². The van der Waals surface area contributed by atoms with Crippen LogP contribution in [0.3, 0.4) is 0 Å². The molecule has 0 amide bonds. The van der Waals surface area contributed by atoms with Crippen LogP contribution >= 0.6 is 0 Å². The number of benzene rings is 1. The molecule has 1 aliphatic rings. The van der Waals surface area contributed by atoms with Gasteiger partial charge in [-0.15, -0.1) is 0 Å². The SMILES string of the molecule is NCc1ccc(OCCCC2CCCO2)c([N+](=O)[O-])c1. The number of nitrogens with two attached hydrogens (primary N) is 1. The van der Waals surface area contributed by atoms with Crippen LogP contribution < -0.4 is 10.5 Å². The molecule has 0 spiro atoms. The Kier molecular flexibility index (Phi) is 5.31. The van der Waals surface area contributed by atoms with Crippen LogP contribution in [-0.2, 0) is 11.3 Å². The Labute approximate surface area is 118 Å². The third kappa shape index (κ3) is 3.91. The van der Waals surface area contributed by atoms with Crippen LogP contribution in [-0.4, -0.2) is 24.2 Å². The minimum absolute atomic E-state index is 0.0231. The monoisotopic (exact) mass is 280 g/mol. The van der Waals surface area contributed by atoms with Crippen LogP contribution in [0, 0.1) is 10.1 Å². The van der Waals surface area contributed by atoms with Gasteiger partial charge >= 0.3 is 5.69 Å². The van der Waals surface area contributed by atoms with Gasteiger partial charge in [0.1, 0.15) is 0 Å². The standard InChI is InChI=1S/C14H20N2O4/c15-10-11-5-6-14(13(9-11)16(17)18)20-8-2-4-12-3-1-7-19-12/h5-6,9,12H,1-4,7-8,10,15H2. The van der Waals surface area contributed by atoms with Crippen LogP contribution in [0.2, 0.25) is 0 Å². The lowest BCUT2D eigenvalue weighted by atomic mass is 10.1. The van der Waals surface area contributed by atoms with Crippen LogP contribution in [0.4, 0.5) is 5.69 Å². The molecule has 1 aliphatic heterocycles. The van der Waals surface area contributed by atoms with E-state index in [0.717, 1.165) is 37.9 Å². The molecular weight excluding hydrogens is 260 g/mol. The zero-order valence-electron chi connectivity index (χ0n) is 11.4. The lowest BCUT2D eigenvalue weighted by Crippen LogP contribution is -2.08. The van der Waals surface area contributed by atoms with Gasteiger partial charge in [0.2, 0.25) is 0 Å². The van der Waals surface area contributed by atoms with Crippen molar-refractivity contribution in [3.63, 3.8) is 0 Å². The molecule has 1 unspecified atom stereocenters. The second-order valence-corrected chi connectivity index (χ2v) is 4.89. The normalized spacial score (nSPS) is 18.1. The minimum Gasteiger partial charge on any atom is -0.487 e. The summed E-state index contributed by atoms with van der Waals surface area (Å²) in [5.74, 6) is 0.305. The van der Waals surface area contributed by atoms with Gasteiger partial charge in [-0.3, -0.25) is 10.1 Å². The van der Waals surface area contributed by atoms with E-state index in [1.165, 1.54) is 6.07 Å². The molecular formula is C14H20N2O4. The van der Waals surface area contributed by atoms with Crippen LogP contribution in [0.15, 0.2) is 18.2 Å². The number of hydrogen-bond donors (Lipinski definition) is 1. The van der Waals surface area contributed by atoms with Crippen LogP contribution in [0.5, 0.6) is 5.75 Å². The van der Waals surface area contributed by atoms with E-state index in [2.05, 4.69) is 0 Å². The van der Waals surface area contributed by atoms with E-state index in [-0.39, 0.29) is 12.2 Å². The van der Waals surface area contributed by atoms with Crippen molar-refractivity contribution in [1.82, 2.24) is 0 Å². The highest BCUT2D eigenvalue weighted by molar-refractivity contribution is 5.48. The van der Waals surface area contributed by atoms with Crippen molar-refractivity contribution < 1.29 is 14.4 Å². The van der Waals surface area contributed by atoms with Crippen molar-refractivity contribution in [3.05, 3.63) is 33.9 Å². The maximum atomic E-state index is 11.0. The molecule has 0 aliphatic carbocycles. The molecule has 0 radical (unpaired) electrons. The first-order chi connectivity index (χ1) is 9.70. The lowest BCUT2D eigenvalue weighted by Gasteiger charge is -2.10. The molecule has 1 fully saturated rings. The summed E-state index contributed by atoms with van der Waals surface area (Å²) >= 11 is 0. The summed E-state index contributed by atoms with van der Waals surface area (Å²) in [5, 5.41) is 11.0. The molecule has 1 heterocycles. The van der Waals surface area contributed by atoms with Gasteiger partial charge in [0.15, 0.2) is 5.75 Å². The highest BCUT2D eigenvalue weighted by atomic mass is 16.6. The van der Waals surface area contributed by atoms with Crippen molar-refractivity contribution in [1.29, 1.82) is 0 Å². The lowest BCUT2D eigenvalue weighted by molar-refractivity contribution is -0.385. The molecule has 0 saturated carbocycles. The third-order valence-electron chi connectivity index (χ3n) is 3.41. The summed E-state index contributed by atoms with van der Waals surface area (Å²) in [6.07, 6.45) is 4.33. The number of ether oxygens (including phenoxy) is 2. The quantitative estimate of drug-likeness (QED) is 0.470. The fourth-order valence-electron chi connectivity index (χ4n) is 2.32. The smallest absolute Gasteiger partial charge is 0.311 e. The first kappa shape index (κ1) is 14.7. The fraction of sp³-hybridized carbons (Fsp3) is 0.571. The van der Waals surface area contributed by atoms with Gasteiger partial charge in [0.05, 0.1) is 17.6 Å². The van der Waals surface area contributed by atoms with Crippen LogP contribution in [0.1, 0.15) is 31.2 Å². The van der Waals surface area contributed by atoms with E-state index < -0.39 is 4.92 Å². The van der Waals surface area contributed by atoms with E-state index in [1.807, 2.05) is 0 Å². The predicted molar refractivity (Wildman–Crippen MR) is 74.7 cm³/mol. The van der Waals surface area contributed by atoms with Crippen molar-refractivity contribution in [3.8, 4) is 5.75 Å². The Morgan fingerprint density at radius 3 is 3.00 bits per heavy atom. The van der Waals surface area contributed by atoms with Crippen molar-refractivity contribution >= 4 is 5.69 Å². The molecule has 1 aromatic carbocycles. The maximum Gasteiger partial charge on any atom is 0.311 e. The van der Waals surface area contributed by atoms with E-state index in [4.69, 9.17) is 15.2 Å². The second kappa shape index (κ2) is 7.21. The van der Waals surface area contributed by atoms with Gasteiger partial charge in [-0.1, -0.05) is 6.07 Å². The van der Waals surface area contributed by atoms with Gasteiger partial charge in [0.25, 0.3) is 0 Å². The molecule has 1 atom stereocenters. The van der Waals surface area contributed by atoms with Crippen LogP contribution in [0.25, 0.3) is 0 Å². The van der Waals surface area contributed by atoms with Gasteiger partial charge < -0.3 is 15.2 Å². The number of nitrogens with zero attached hydrogens (tertiary/aromatic N) is 1. The predicted octanol–water partition coefficient (Wildman–Crippen LogP) is 2.39. The molecule has 1 saturated heterocycles. The molecule has 110 valence electrons. The van der Waals surface area contributed by atoms with E-state index in [9.17, 15) is 10.1 Å². The number of rotatable bonds is 7. The molecule has 20 heavy (non-hydrogen) atoms. The molecule has 2 rings (SSSR count). The fourth-order valence-corrected chi connectivity index (χ4v) is 2.32. The number of hydrogen-bond acceptors (Lipinski definition) is 5. The van der Waals surface area contributed by atoms with Crippen molar-refractivity contribution in [2.75, 3.05) is 13.2 Å². The Hall–Kier alpha value is -1.66. The molecule has 0 bridgehead atoms. The summed E-state index contributed by atoms with van der Waals surface area (Å²) in [5.41, 5.74) is 6.19. The van der Waals surface area contributed by atoms with E-state index in [1.54, 1.807) is 12.1 Å². The highest BCUT2D eigenvalue weighted by Crippen LogP contribution is 2.28. The Morgan fingerprint density at radius 1 is 1.50 bits per heavy atom. The zero-order valence-corrected chi connectivity index (χ0v) is 11.4. The first-order valence-corrected chi connectivity index (χ1v) is 6.92. The molecule has 2 N–H and O–H groups in total. The van der Waals surface area contributed by atoms with E-state index in [0.29, 0.717) is 18.5 Å². The average molecular weight is 280 g/mol. The maximum absolute atomic E-state index is 11.0. The Balaban J connectivity index is 1.86. The average Bonchev–Trinajstić information content (AvgIpc) is 2.96. The molecule has 1 aromatic rings. The molecule has 6 heteroatoms. The van der Waals surface area contributed by atoms with Crippen molar-refractivity contribution in [2.45, 2.75) is 38.3 Å². The Bertz CT molecular complexity index is 458. The summed E-state index contributed by atoms with van der Waals surface area (Å²) < 4.78 is 11.0. The molecule has 6 nitrogen and oxygen atoms in total. The highest BCUT2D eigenvalue weighted by Gasteiger charge is 2.17. The summed E-state index contributed by atoms with van der Waals surface area (Å²) in [7, 11) is 0. The Morgan fingerprint density at radius 2 is 2.35 bits per heavy atom. The molecule has 0 aromatic heterocycles. The second-order valence-electron chi connectivity index (χ2n) is 4.89. The third-order valence-corrected chi connectivity index (χ3v) is 3.41. The van der Waals surface area contributed by atoms with Gasteiger partial charge in [-0.05, 0) is 37.3 Å². The van der Waals surface area contributed by atoms with Gasteiger partial charge in [0, 0.05) is 19.2 Å². The number of nitro groups is 1. The zero-order chi connectivity index (χ0) is 14.4. The summed E-state index contributed by atoms with van der Waals surface area (Å²) in [6.45, 7) is 1.58. The summed E-state index contributed by atoms with van der Waals surface area (Å²) in [6, 6.07) is 4.84. The van der Waals surface area contributed by atoms with Gasteiger partial charge in [-0.25, -0.2) is 0 Å². The topological polar surface area (TPSA) is 87.6 Å². The largest absolute Gasteiger partial charge is 0.487 e. The summed E-state index contributed by atoms with van der Waals surface area (Å²) in [4.78, 5) is 10.6. The number of nitro benzene ring substituents is 1. The van der Waals surface area contributed by atoms with E-state index >= 15 is 0 Å². The minimum atomic E-state index is -0.436. The first-order valence-electron chi connectivity index (χ1n) is 6.92.